The number of nitrogens with one attached hydrogen (secondary N) is 1. The van der Waals surface area contributed by atoms with E-state index in [0.29, 0.717) is 26.4 Å². The first-order valence-corrected chi connectivity index (χ1v) is 9.03. The molecular formula is C17H28N2O4. The van der Waals surface area contributed by atoms with Crippen molar-refractivity contribution in [2.75, 3.05) is 32.9 Å². The van der Waals surface area contributed by atoms with Gasteiger partial charge in [0.25, 0.3) is 0 Å². The summed E-state index contributed by atoms with van der Waals surface area (Å²) < 4.78 is 10.9. The van der Waals surface area contributed by atoms with Gasteiger partial charge in [0.2, 0.25) is 11.8 Å². The summed E-state index contributed by atoms with van der Waals surface area (Å²) in [5, 5.41) is 2.94. The quantitative estimate of drug-likeness (QED) is 0.840. The van der Waals surface area contributed by atoms with Gasteiger partial charge in [-0.3, -0.25) is 9.59 Å². The number of nitrogens with zero attached hydrogens (tertiary/aromatic N) is 1. The van der Waals surface area contributed by atoms with Crippen LogP contribution in [0, 0.1) is 5.92 Å². The molecule has 3 rings (SSSR count). The van der Waals surface area contributed by atoms with Crippen LogP contribution in [-0.4, -0.2) is 61.8 Å². The molecule has 2 saturated heterocycles. The largest absolute Gasteiger partial charge is 0.376 e. The summed E-state index contributed by atoms with van der Waals surface area (Å²) in [6.07, 6.45) is 7.09. The molecule has 130 valence electrons. The minimum atomic E-state index is -0.297. The van der Waals surface area contributed by atoms with Crippen molar-refractivity contribution < 1.29 is 19.1 Å². The van der Waals surface area contributed by atoms with E-state index in [0.717, 1.165) is 45.1 Å². The molecule has 6 nitrogen and oxygen atoms in total. The van der Waals surface area contributed by atoms with E-state index >= 15 is 0 Å². The summed E-state index contributed by atoms with van der Waals surface area (Å²) in [5.41, 5.74) is 0. The highest BCUT2D eigenvalue weighted by atomic mass is 16.6. The van der Waals surface area contributed by atoms with Crippen molar-refractivity contribution in [3.63, 3.8) is 0 Å². The molecule has 2 amide bonds. The van der Waals surface area contributed by atoms with Crippen LogP contribution in [0.4, 0.5) is 0 Å². The zero-order valence-corrected chi connectivity index (χ0v) is 13.8. The molecule has 1 aliphatic carbocycles. The summed E-state index contributed by atoms with van der Waals surface area (Å²) in [5.74, 6) is 0.285. The van der Waals surface area contributed by atoms with Gasteiger partial charge in [-0.05, 0) is 25.7 Å². The van der Waals surface area contributed by atoms with E-state index in [1.165, 1.54) is 6.42 Å². The molecule has 0 radical (unpaired) electrons. The lowest BCUT2D eigenvalue weighted by molar-refractivity contribution is -0.143. The van der Waals surface area contributed by atoms with Crippen LogP contribution in [0.15, 0.2) is 0 Å². The van der Waals surface area contributed by atoms with Crippen LogP contribution >= 0.6 is 0 Å². The maximum absolute atomic E-state index is 12.7. The monoisotopic (exact) mass is 324 g/mol. The Bertz CT molecular complexity index is 417. The molecule has 3 aliphatic rings. The number of likely N-dealkylation sites (tertiary alicyclic amines) is 1. The van der Waals surface area contributed by atoms with E-state index in [4.69, 9.17) is 9.47 Å². The lowest BCUT2D eigenvalue weighted by atomic mass is 9.88. The molecule has 0 unspecified atom stereocenters. The van der Waals surface area contributed by atoms with E-state index in [2.05, 4.69) is 5.32 Å². The van der Waals surface area contributed by atoms with Gasteiger partial charge in [0.15, 0.2) is 0 Å². The molecule has 2 atom stereocenters. The number of hydrogen-bond donors (Lipinski definition) is 1. The third-order valence-corrected chi connectivity index (χ3v) is 5.18. The smallest absolute Gasteiger partial charge is 0.242 e. The molecule has 2 heterocycles. The van der Waals surface area contributed by atoms with Gasteiger partial charge < -0.3 is 19.7 Å². The topological polar surface area (TPSA) is 67.9 Å². The third-order valence-electron chi connectivity index (χ3n) is 5.18. The highest BCUT2D eigenvalue weighted by Gasteiger charge is 2.37. The second-order valence-electron chi connectivity index (χ2n) is 6.84. The average Bonchev–Trinajstić information content (AvgIpc) is 3.10. The SMILES string of the molecule is O=C(NC[C@H]1COCCO1)[C@H]1CCCN1C(=O)C1CCCCC1. The number of carbonyl (C=O) groups excluding carboxylic acids is 2. The molecular weight excluding hydrogens is 296 g/mol. The standard InChI is InChI=1S/C17H28N2O4/c20-16(18-11-14-12-22-9-10-23-14)15-7-4-8-19(15)17(21)13-5-2-1-3-6-13/h13-15H,1-12H2,(H,18,20)/t14-,15+/m0/s1. The summed E-state index contributed by atoms with van der Waals surface area (Å²) in [4.78, 5) is 27.0. The lowest BCUT2D eigenvalue weighted by Crippen LogP contribution is -2.50. The van der Waals surface area contributed by atoms with Crippen molar-refractivity contribution in [2.24, 2.45) is 5.92 Å². The van der Waals surface area contributed by atoms with Gasteiger partial charge in [-0.15, -0.1) is 0 Å². The molecule has 6 heteroatoms. The first kappa shape index (κ1) is 16.7. The lowest BCUT2D eigenvalue weighted by Gasteiger charge is -2.30. The first-order valence-electron chi connectivity index (χ1n) is 9.03. The fourth-order valence-corrected chi connectivity index (χ4v) is 3.87. The average molecular weight is 324 g/mol. The Balaban J connectivity index is 1.50. The van der Waals surface area contributed by atoms with Gasteiger partial charge in [0, 0.05) is 19.0 Å². The predicted octanol–water partition coefficient (Wildman–Crippen LogP) is 1.09. The van der Waals surface area contributed by atoms with Crippen molar-refractivity contribution in [1.29, 1.82) is 0 Å². The van der Waals surface area contributed by atoms with Crippen LogP contribution in [0.2, 0.25) is 0 Å². The number of hydrogen-bond acceptors (Lipinski definition) is 4. The van der Waals surface area contributed by atoms with E-state index < -0.39 is 0 Å². The number of carbonyl (C=O) groups is 2. The summed E-state index contributed by atoms with van der Waals surface area (Å²) in [7, 11) is 0. The Morgan fingerprint density at radius 2 is 1.87 bits per heavy atom. The predicted molar refractivity (Wildman–Crippen MR) is 84.9 cm³/mol. The maximum atomic E-state index is 12.7. The molecule has 2 aliphatic heterocycles. The second-order valence-corrected chi connectivity index (χ2v) is 6.84. The molecule has 1 N–H and O–H groups in total. The van der Waals surface area contributed by atoms with Crippen LogP contribution in [-0.2, 0) is 19.1 Å². The van der Waals surface area contributed by atoms with Crippen molar-refractivity contribution in [3.8, 4) is 0 Å². The third kappa shape index (κ3) is 4.23. The first-order chi connectivity index (χ1) is 11.3. The maximum Gasteiger partial charge on any atom is 0.242 e. The van der Waals surface area contributed by atoms with Crippen molar-refractivity contribution in [3.05, 3.63) is 0 Å². The van der Waals surface area contributed by atoms with Crippen molar-refractivity contribution in [1.82, 2.24) is 10.2 Å². The van der Waals surface area contributed by atoms with Crippen LogP contribution in [0.5, 0.6) is 0 Å². The van der Waals surface area contributed by atoms with Gasteiger partial charge in [0.05, 0.1) is 25.9 Å². The van der Waals surface area contributed by atoms with Gasteiger partial charge in [-0.25, -0.2) is 0 Å². The fraction of sp³-hybridized carbons (Fsp3) is 0.882. The molecule has 1 saturated carbocycles. The van der Waals surface area contributed by atoms with Crippen LogP contribution in [0.25, 0.3) is 0 Å². The van der Waals surface area contributed by atoms with E-state index in [1.54, 1.807) is 0 Å². The number of ether oxygens (including phenoxy) is 2. The van der Waals surface area contributed by atoms with Gasteiger partial charge in [-0.2, -0.15) is 0 Å². The van der Waals surface area contributed by atoms with Crippen LogP contribution in [0.3, 0.4) is 0 Å². The van der Waals surface area contributed by atoms with E-state index in [9.17, 15) is 9.59 Å². The zero-order chi connectivity index (χ0) is 16.1. The Morgan fingerprint density at radius 3 is 2.61 bits per heavy atom. The minimum absolute atomic E-state index is 0.0409. The van der Waals surface area contributed by atoms with Crippen LogP contribution in [0.1, 0.15) is 44.9 Å². The molecule has 0 aromatic rings. The molecule has 3 fully saturated rings. The molecule has 0 spiro atoms. The van der Waals surface area contributed by atoms with Crippen LogP contribution < -0.4 is 5.32 Å². The van der Waals surface area contributed by atoms with Crippen molar-refractivity contribution >= 4 is 11.8 Å². The van der Waals surface area contributed by atoms with Gasteiger partial charge in [0.1, 0.15) is 6.04 Å². The van der Waals surface area contributed by atoms with Crippen molar-refractivity contribution in [2.45, 2.75) is 57.1 Å². The van der Waals surface area contributed by atoms with Gasteiger partial charge >= 0.3 is 0 Å². The number of amides is 2. The molecule has 23 heavy (non-hydrogen) atoms. The Hall–Kier alpha value is -1.14. The minimum Gasteiger partial charge on any atom is -0.376 e. The molecule has 0 aromatic heterocycles. The zero-order valence-electron chi connectivity index (χ0n) is 13.8. The summed E-state index contributed by atoms with van der Waals surface area (Å²) in [6, 6.07) is -0.297. The Labute approximate surface area is 137 Å². The highest BCUT2D eigenvalue weighted by molar-refractivity contribution is 5.89. The molecule has 0 bridgehead atoms. The number of rotatable bonds is 4. The Kier molecular flexibility index (Phi) is 5.89. The normalized spacial score (nSPS) is 29.5. The summed E-state index contributed by atoms with van der Waals surface area (Å²) >= 11 is 0. The Morgan fingerprint density at radius 1 is 1.04 bits per heavy atom. The second kappa shape index (κ2) is 8.11. The fourth-order valence-electron chi connectivity index (χ4n) is 3.87. The highest BCUT2D eigenvalue weighted by Crippen LogP contribution is 2.28. The molecule has 0 aromatic carbocycles. The van der Waals surface area contributed by atoms with Gasteiger partial charge in [-0.1, -0.05) is 19.3 Å². The summed E-state index contributed by atoms with van der Waals surface area (Å²) in [6.45, 7) is 2.90. The van der Waals surface area contributed by atoms with E-state index in [1.807, 2.05) is 4.90 Å². The van der Waals surface area contributed by atoms with E-state index in [-0.39, 0.29) is 29.9 Å².